The van der Waals surface area contributed by atoms with Gasteiger partial charge >= 0.3 is 12.5 Å². The molecule has 0 unspecified atom stereocenters. The molecule has 13 heteroatoms. The van der Waals surface area contributed by atoms with Gasteiger partial charge in [0.25, 0.3) is 0 Å². The van der Waals surface area contributed by atoms with E-state index in [0.29, 0.717) is 37.7 Å². The minimum Gasteiger partial charge on any atom is -0.406 e. The van der Waals surface area contributed by atoms with Gasteiger partial charge in [0.1, 0.15) is 5.75 Å². The lowest BCUT2D eigenvalue weighted by molar-refractivity contribution is -0.274. The Morgan fingerprint density at radius 2 is 1.58 bits per heavy atom. The number of amides is 1. The summed E-state index contributed by atoms with van der Waals surface area (Å²) >= 11 is 0. The van der Waals surface area contributed by atoms with E-state index in [9.17, 15) is 31.1 Å². The van der Waals surface area contributed by atoms with Crippen molar-refractivity contribution in [3.8, 4) is 5.75 Å². The van der Waals surface area contributed by atoms with Crippen molar-refractivity contribution in [2.45, 2.75) is 12.5 Å². The average molecular weight is 449 g/mol. The maximum atomic E-state index is 12.6. The number of aromatic nitrogens is 2. The Labute approximate surface area is 172 Å². The number of halogens is 6. The number of ether oxygens (including phenoxy) is 1. The highest BCUT2D eigenvalue weighted by molar-refractivity contribution is 5.92. The van der Waals surface area contributed by atoms with E-state index in [1.165, 1.54) is 18.2 Å². The summed E-state index contributed by atoms with van der Waals surface area (Å²) in [7, 11) is 0. The molecule has 0 bridgehead atoms. The van der Waals surface area contributed by atoms with Crippen LogP contribution in [0, 0.1) is 0 Å². The number of hydrogen-bond acceptors (Lipinski definition) is 6. The highest BCUT2D eigenvalue weighted by Gasteiger charge is 2.33. The summed E-state index contributed by atoms with van der Waals surface area (Å²) in [5, 5.41) is 9.40. The number of piperazine rings is 1. The van der Waals surface area contributed by atoms with Crippen LogP contribution < -0.4 is 15.0 Å². The van der Waals surface area contributed by atoms with Gasteiger partial charge in [0.05, 0.1) is 6.54 Å². The Hall–Kier alpha value is -3.09. The molecule has 1 aromatic carbocycles. The summed E-state index contributed by atoms with van der Waals surface area (Å²) in [6.07, 6.45) is -9.35. The van der Waals surface area contributed by atoms with Gasteiger partial charge in [-0.15, -0.1) is 23.4 Å². The lowest BCUT2D eigenvalue weighted by atomic mass is 10.2. The number of alkyl halides is 6. The highest BCUT2D eigenvalue weighted by atomic mass is 19.4. The van der Waals surface area contributed by atoms with Crippen LogP contribution in [-0.4, -0.2) is 60.1 Å². The summed E-state index contributed by atoms with van der Waals surface area (Å²) in [5.41, 5.74) is -0.747. The zero-order valence-electron chi connectivity index (χ0n) is 15.9. The van der Waals surface area contributed by atoms with Crippen molar-refractivity contribution in [3.05, 3.63) is 42.1 Å². The van der Waals surface area contributed by atoms with Crippen molar-refractivity contribution in [2.75, 3.05) is 42.9 Å². The number of nitrogens with one attached hydrogen (secondary N) is 1. The van der Waals surface area contributed by atoms with Crippen LogP contribution in [0.5, 0.6) is 5.75 Å². The highest BCUT2D eigenvalue weighted by Crippen LogP contribution is 2.28. The van der Waals surface area contributed by atoms with E-state index in [-0.39, 0.29) is 12.5 Å². The zero-order chi connectivity index (χ0) is 22.6. The third-order valence-electron chi connectivity index (χ3n) is 4.38. The predicted molar refractivity (Wildman–Crippen MR) is 97.4 cm³/mol. The number of rotatable bonds is 5. The van der Waals surface area contributed by atoms with Crippen molar-refractivity contribution >= 4 is 17.4 Å². The number of anilines is 2. The van der Waals surface area contributed by atoms with Crippen LogP contribution in [0.1, 0.15) is 5.69 Å². The van der Waals surface area contributed by atoms with E-state index in [2.05, 4.69) is 20.3 Å². The summed E-state index contributed by atoms with van der Waals surface area (Å²) < 4.78 is 77.9. The molecule has 1 amide bonds. The molecule has 168 valence electrons. The summed E-state index contributed by atoms with van der Waals surface area (Å²) in [6.45, 7) is 1.86. The second-order valence-corrected chi connectivity index (χ2v) is 6.66. The predicted octanol–water partition coefficient (Wildman–Crippen LogP) is 3.15. The Bertz CT molecular complexity index is 878. The SMILES string of the molecule is O=C(CN1CCN(c2ccc(C(F)(F)F)nn2)CC1)Nc1ccc(OC(F)(F)F)cc1. The Morgan fingerprint density at radius 3 is 2.10 bits per heavy atom. The van der Waals surface area contributed by atoms with E-state index in [4.69, 9.17) is 0 Å². The molecule has 1 aliphatic heterocycles. The Morgan fingerprint density at radius 1 is 0.935 bits per heavy atom. The van der Waals surface area contributed by atoms with E-state index in [0.717, 1.165) is 18.2 Å². The molecule has 2 heterocycles. The summed E-state index contributed by atoms with van der Waals surface area (Å²) in [4.78, 5) is 15.8. The molecular weight excluding hydrogens is 432 g/mol. The molecule has 7 nitrogen and oxygen atoms in total. The van der Waals surface area contributed by atoms with Gasteiger partial charge in [-0.2, -0.15) is 13.2 Å². The Balaban J connectivity index is 1.45. The lowest BCUT2D eigenvalue weighted by Crippen LogP contribution is -2.49. The first-order valence-corrected chi connectivity index (χ1v) is 9.03. The largest absolute Gasteiger partial charge is 0.573 e. The molecule has 1 aromatic heterocycles. The van der Waals surface area contributed by atoms with Gasteiger partial charge in [0, 0.05) is 31.9 Å². The first kappa shape index (κ1) is 22.6. The van der Waals surface area contributed by atoms with Crippen molar-refractivity contribution in [1.29, 1.82) is 0 Å². The normalized spacial score (nSPS) is 15.6. The van der Waals surface area contributed by atoms with Crippen LogP contribution in [0.4, 0.5) is 37.8 Å². The van der Waals surface area contributed by atoms with Crippen molar-refractivity contribution in [3.63, 3.8) is 0 Å². The first-order valence-electron chi connectivity index (χ1n) is 9.03. The molecule has 3 rings (SSSR count). The van der Waals surface area contributed by atoms with Gasteiger partial charge < -0.3 is 15.0 Å². The van der Waals surface area contributed by atoms with Gasteiger partial charge in [0.2, 0.25) is 5.91 Å². The van der Waals surface area contributed by atoms with E-state index in [1.54, 1.807) is 4.90 Å². The average Bonchev–Trinajstić information content (AvgIpc) is 2.68. The third-order valence-corrected chi connectivity index (χ3v) is 4.38. The van der Waals surface area contributed by atoms with Gasteiger partial charge in [-0.3, -0.25) is 9.69 Å². The number of nitrogens with zero attached hydrogens (tertiary/aromatic N) is 4. The standard InChI is InChI=1S/C18H17F6N5O2/c19-17(20,21)14-5-6-15(27-26-14)29-9-7-28(8-10-29)11-16(30)25-12-1-3-13(4-2-12)31-18(22,23)24/h1-6H,7-11H2,(H,25,30). The second-order valence-electron chi connectivity index (χ2n) is 6.66. The number of carbonyl (C=O) groups is 1. The van der Waals surface area contributed by atoms with Gasteiger partial charge in [0.15, 0.2) is 11.5 Å². The molecule has 0 radical (unpaired) electrons. The molecule has 0 atom stereocenters. The van der Waals surface area contributed by atoms with Gasteiger partial charge in [-0.05, 0) is 36.4 Å². The van der Waals surface area contributed by atoms with Gasteiger partial charge in [-0.25, -0.2) is 0 Å². The minimum atomic E-state index is -4.79. The van der Waals surface area contributed by atoms with E-state index < -0.39 is 24.0 Å². The maximum Gasteiger partial charge on any atom is 0.573 e. The third kappa shape index (κ3) is 6.70. The van der Waals surface area contributed by atoms with Gasteiger partial charge in [-0.1, -0.05) is 0 Å². The molecule has 0 saturated carbocycles. The van der Waals surface area contributed by atoms with Crippen LogP contribution in [0.25, 0.3) is 0 Å². The minimum absolute atomic E-state index is 0.0489. The molecule has 31 heavy (non-hydrogen) atoms. The molecule has 0 spiro atoms. The molecule has 1 aliphatic rings. The second kappa shape index (κ2) is 8.96. The molecule has 0 aliphatic carbocycles. The zero-order valence-corrected chi connectivity index (χ0v) is 15.9. The Kier molecular flexibility index (Phi) is 6.53. The first-order chi connectivity index (χ1) is 14.5. The summed E-state index contributed by atoms with van der Waals surface area (Å²) in [6, 6.07) is 6.89. The van der Waals surface area contributed by atoms with Crippen LogP contribution >= 0.6 is 0 Å². The molecule has 1 fully saturated rings. The maximum absolute atomic E-state index is 12.6. The fraction of sp³-hybridized carbons (Fsp3) is 0.389. The number of benzene rings is 1. The van der Waals surface area contributed by atoms with Crippen LogP contribution in [0.15, 0.2) is 36.4 Å². The quantitative estimate of drug-likeness (QED) is 0.708. The monoisotopic (exact) mass is 449 g/mol. The van der Waals surface area contributed by atoms with E-state index >= 15 is 0 Å². The number of carbonyl (C=O) groups excluding carboxylic acids is 1. The van der Waals surface area contributed by atoms with E-state index in [1.807, 2.05) is 4.90 Å². The fourth-order valence-electron chi connectivity index (χ4n) is 2.92. The van der Waals surface area contributed by atoms with Crippen molar-refractivity contribution < 1.29 is 35.9 Å². The van der Waals surface area contributed by atoms with Crippen LogP contribution in [-0.2, 0) is 11.0 Å². The summed E-state index contributed by atoms with van der Waals surface area (Å²) in [5.74, 6) is -0.432. The molecular formula is C18H17F6N5O2. The van der Waals surface area contributed by atoms with Crippen molar-refractivity contribution in [1.82, 2.24) is 15.1 Å². The lowest BCUT2D eigenvalue weighted by Gasteiger charge is -2.34. The van der Waals surface area contributed by atoms with Crippen LogP contribution in [0.3, 0.4) is 0 Å². The van der Waals surface area contributed by atoms with Crippen molar-refractivity contribution in [2.24, 2.45) is 0 Å². The topological polar surface area (TPSA) is 70.6 Å². The molecule has 1 saturated heterocycles. The fourth-order valence-corrected chi connectivity index (χ4v) is 2.92. The van der Waals surface area contributed by atoms with Crippen LogP contribution in [0.2, 0.25) is 0 Å². The smallest absolute Gasteiger partial charge is 0.406 e. The number of hydrogen-bond donors (Lipinski definition) is 1. The molecule has 2 aromatic rings. The molecule has 1 N–H and O–H groups in total.